The Balaban J connectivity index is 1.49. The number of thiazole rings is 1. The number of nitrogens with zero attached hydrogens (tertiary/aromatic N) is 4. The van der Waals surface area contributed by atoms with E-state index in [1.165, 1.54) is 0 Å². The predicted molar refractivity (Wildman–Crippen MR) is 107 cm³/mol. The van der Waals surface area contributed by atoms with E-state index in [9.17, 15) is 4.79 Å². The largest absolute Gasteiger partial charge is 0.378 e. The molecule has 0 spiro atoms. The number of hydrogen-bond acceptors (Lipinski definition) is 6. The predicted octanol–water partition coefficient (Wildman–Crippen LogP) is 3.36. The third-order valence-electron chi connectivity index (χ3n) is 4.90. The number of rotatable bonds is 4. The smallest absolute Gasteiger partial charge is 0.255 e. The summed E-state index contributed by atoms with van der Waals surface area (Å²) in [6, 6.07) is 11.7. The number of para-hydroxylation sites is 1. The lowest BCUT2D eigenvalue weighted by molar-refractivity contribution is 0.0742. The molecule has 1 amide bonds. The van der Waals surface area contributed by atoms with Gasteiger partial charge in [0, 0.05) is 26.3 Å². The molecule has 0 aliphatic carbocycles. The van der Waals surface area contributed by atoms with Gasteiger partial charge in [0.2, 0.25) is 0 Å². The topological polar surface area (TPSA) is 58.6 Å². The summed E-state index contributed by atoms with van der Waals surface area (Å²) < 4.78 is 6.51. The fourth-order valence-corrected chi connectivity index (χ4v) is 4.17. The van der Waals surface area contributed by atoms with Gasteiger partial charge in [-0.05, 0) is 31.2 Å². The number of fused-ring (bicyclic) bond motifs is 1. The van der Waals surface area contributed by atoms with Gasteiger partial charge in [0.15, 0.2) is 0 Å². The fraction of sp³-hybridized carbons (Fsp3) is 0.350. The van der Waals surface area contributed by atoms with Crippen molar-refractivity contribution in [1.82, 2.24) is 14.9 Å². The second-order valence-electron chi connectivity index (χ2n) is 6.62. The van der Waals surface area contributed by atoms with E-state index < -0.39 is 0 Å². The van der Waals surface area contributed by atoms with Crippen molar-refractivity contribution >= 4 is 33.3 Å². The Labute approximate surface area is 162 Å². The van der Waals surface area contributed by atoms with Gasteiger partial charge in [0.05, 0.1) is 35.0 Å². The van der Waals surface area contributed by atoms with Crippen LogP contribution in [0, 0.1) is 0 Å². The van der Waals surface area contributed by atoms with E-state index in [0.29, 0.717) is 18.8 Å². The van der Waals surface area contributed by atoms with Crippen LogP contribution in [0.4, 0.5) is 5.82 Å². The number of morpholine rings is 1. The van der Waals surface area contributed by atoms with E-state index >= 15 is 0 Å². The molecule has 7 heteroatoms. The van der Waals surface area contributed by atoms with E-state index in [1.807, 2.05) is 44.3 Å². The number of hydrogen-bond donors (Lipinski definition) is 0. The second-order valence-corrected chi connectivity index (χ2v) is 7.68. The highest BCUT2D eigenvalue weighted by Gasteiger charge is 2.22. The third-order valence-corrected chi connectivity index (χ3v) is 6.11. The minimum atomic E-state index is -0.103. The molecule has 3 aromatic rings. The molecule has 1 fully saturated rings. The average Bonchev–Trinajstić information content (AvgIpc) is 3.17. The highest BCUT2D eigenvalue weighted by atomic mass is 32.1. The Morgan fingerprint density at radius 3 is 2.70 bits per heavy atom. The van der Waals surface area contributed by atoms with Crippen molar-refractivity contribution in [2.24, 2.45) is 0 Å². The summed E-state index contributed by atoms with van der Waals surface area (Å²) in [5, 5.41) is 0.935. The lowest BCUT2D eigenvalue weighted by Crippen LogP contribution is -2.36. The van der Waals surface area contributed by atoms with Gasteiger partial charge in [-0.1, -0.05) is 12.1 Å². The number of anilines is 1. The van der Waals surface area contributed by atoms with Gasteiger partial charge in [-0.3, -0.25) is 4.79 Å². The minimum Gasteiger partial charge on any atom is -0.378 e. The molecule has 3 heterocycles. The number of ether oxygens (including phenoxy) is 1. The van der Waals surface area contributed by atoms with Crippen molar-refractivity contribution in [3.8, 4) is 0 Å². The Kier molecular flexibility index (Phi) is 5.05. The zero-order chi connectivity index (χ0) is 18.8. The van der Waals surface area contributed by atoms with Crippen LogP contribution in [-0.2, 0) is 4.74 Å². The number of amides is 1. The number of benzene rings is 1. The normalized spacial score (nSPS) is 15.7. The van der Waals surface area contributed by atoms with Crippen molar-refractivity contribution in [2.45, 2.75) is 13.0 Å². The summed E-state index contributed by atoms with van der Waals surface area (Å²) in [6.07, 6.45) is 1.66. The van der Waals surface area contributed by atoms with Crippen LogP contribution in [0.2, 0.25) is 0 Å². The van der Waals surface area contributed by atoms with E-state index in [2.05, 4.69) is 20.9 Å². The number of carbonyl (C=O) groups is 1. The van der Waals surface area contributed by atoms with Gasteiger partial charge in [-0.15, -0.1) is 11.3 Å². The molecule has 2 aromatic heterocycles. The standard InChI is InChI=1S/C20H22N4O2S/c1-14(19-22-16-5-3-4-6-17(16)27-19)23(2)20(25)15-7-8-18(21-13-15)24-9-11-26-12-10-24/h3-8,13-14H,9-12H2,1-2H3/t14-/m0/s1. The SMILES string of the molecule is C[C@@H](c1nc2ccccc2s1)N(C)C(=O)c1ccc(N2CCOCC2)nc1. The molecule has 140 valence electrons. The molecule has 4 rings (SSSR count). The molecular formula is C20H22N4O2S. The summed E-state index contributed by atoms with van der Waals surface area (Å²) in [5.41, 5.74) is 1.56. The number of carbonyl (C=O) groups excluding carboxylic acids is 1. The van der Waals surface area contributed by atoms with Gasteiger partial charge < -0.3 is 14.5 Å². The highest BCUT2D eigenvalue weighted by molar-refractivity contribution is 7.18. The van der Waals surface area contributed by atoms with Crippen molar-refractivity contribution < 1.29 is 9.53 Å². The third kappa shape index (κ3) is 3.65. The second kappa shape index (κ2) is 7.62. The fourth-order valence-electron chi connectivity index (χ4n) is 3.11. The molecule has 0 N–H and O–H groups in total. The Morgan fingerprint density at radius 2 is 2.00 bits per heavy atom. The van der Waals surface area contributed by atoms with Gasteiger partial charge in [-0.2, -0.15) is 0 Å². The average molecular weight is 382 g/mol. The van der Waals surface area contributed by atoms with Crippen molar-refractivity contribution in [1.29, 1.82) is 0 Å². The first-order chi connectivity index (χ1) is 13.1. The van der Waals surface area contributed by atoms with Crippen LogP contribution in [0.3, 0.4) is 0 Å². The zero-order valence-electron chi connectivity index (χ0n) is 15.5. The van der Waals surface area contributed by atoms with E-state index in [-0.39, 0.29) is 11.9 Å². The molecule has 1 saturated heterocycles. The van der Waals surface area contributed by atoms with Gasteiger partial charge in [-0.25, -0.2) is 9.97 Å². The van der Waals surface area contributed by atoms with Crippen molar-refractivity contribution in [3.63, 3.8) is 0 Å². The van der Waals surface area contributed by atoms with Crippen LogP contribution >= 0.6 is 11.3 Å². The maximum Gasteiger partial charge on any atom is 0.255 e. The van der Waals surface area contributed by atoms with Crippen LogP contribution in [0.5, 0.6) is 0 Å². The maximum atomic E-state index is 12.9. The molecule has 6 nitrogen and oxygen atoms in total. The Hall–Kier alpha value is -2.51. The molecule has 0 unspecified atom stereocenters. The minimum absolute atomic E-state index is 0.0530. The first-order valence-corrected chi connectivity index (χ1v) is 9.86. The molecule has 1 atom stereocenters. The van der Waals surface area contributed by atoms with E-state index in [0.717, 1.165) is 34.1 Å². The Bertz CT molecular complexity index is 902. The quantitative estimate of drug-likeness (QED) is 0.692. The molecular weight excluding hydrogens is 360 g/mol. The summed E-state index contributed by atoms with van der Waals surface area (Å²) in [5.74, 6) is 0.833. The van der Waals surface area contributed by atoms with Crippen molar-refractivity contribution in [2.75, 3.05) is 38.3 Å². The molecule has 1 aromatic carbocycles. The number of aromatic nitrogens is 2. The monoisotopic (exact) mass is 382 g/mol. The summed E-state index contributed by atoms with van der Waals surface area (Å²) in [7, 11) is 1.81. The van der Waals surface area contributed by atoms with E-state index in [1.54, 1.807) is 22.4 Å². The molecule has 0 bridgehead atoms. The summed E-state index contributed by atoms with van der Waals surface area (Å²) >= 11 is 1.63. The van der Waals surface area contributed by atoms with Crippen LogP contribution in [0.1, 0.15) is 28.3 Å². The molecule has 0 radical (unpaired) electrons. The molecule has 1 aliphatic heterocycles. The zero-order valence-corrected chi connectivity index (χ0v) is 16.3. The lowest BCUT2D eigenvalue weighted by atomic mass is 10.2. The van der Waals surface area contributed by atoms with Gasteiger partial charge >= 0.3 is 0 Å². The maximum absolute atomic E-state index is 12.9. The van der Waals surface area contributed by atoms with Crippen LogP contribution in [0.25, 0.3) is 10.2 Å². The van der Waals surface area contributed by atoms with Gasteiger partial charge in [0.1, 0.15) is 10.8 Å². The van der Waals surface area contributed by atoms with Crippen LogP contribution in [0.15, 0.2) is 42.6 Å². The highest BCUT2D eigenvalue weighted by Crippen LogP contribution is 2.29. The summed E-state index contributed by atoms with van der Waals surface area (Å²) in [4.78, 5) is 25.9. The number of pyridine rings is 1. The Morgan fingerprint density at radius 1 is 1.22 bits per heavy atom. The summed E-state index contributed by atoms with van der Waals surface area (Å²) in [6.45, 7) is 5.09. The van der Waals surface area contributed by atoms with Crippen molar-refractivity contribution in [3.05, 3.63) is 53.2 Å². The lowest BCUT2D eigenvalue weighted by Gasteiger charge is -2.28. The van der Waals surface area contributed by atoms with Crippen LogP contribution < -0.4 is 4.90 Å². The molecule has 27 heavy (non-hydrogen) atoms. The first-order valence-electron chi connectivity index (χ1n) is 9.05. The van der Waals surface area contributed by atoms with E-state index in [4.69, 9.17) is 4.74 Å². The first kappa shape index (κ1) is 17.9. The molecule has 1 aliphatic rings. The van der Waals surface area contributed by atoms with Gasteiger partial charge in [0.25, 0.3) is 5.91 Å². The molecule has 0 saturated carbocycles. The van der Waals surface area contributed by atoms with Crippen LogP contribution in [-0.4, -0.2) is 54.1 Å².